The molecule has 0 amide bonds. The zero-order valence-corrected chi connectivity index (χ0v) is 16.2. The lowest BCUT2D eigenvalue weighted by molar-refractivity contribution is -0.888. The van der Waals surface area contributed by atoms with Gasteiger partial charge < -0.3 is 37.0 Å². The maximum absolute atomic E-state index is 11.3. The molecule has 2 N–H and O–H groups in total. The zero-order valence-electron chi connectivity index (χ0n) is 15.4. The molecule has 0 aromatic heterocycles. The fourth-order valence-electron chi connectivity index (χ4n) is 2.19. The second-order valence-electron chi connectivity index (χ2n) is 6.43. The molecule has 0 heterocycles. The molecule has 26 heavy (non-hydrogen) atoms. The van der Waals surface area contributed by atoms with Crippen LogP contribution in [0, 0.1) is 0 Å². The number of aliphatic carboxylic acids is 1. The van der Waals surface area contributed by atoms with Gasteiger partial charge in [-0.1, -0.05) is 60.7 Å². The van der Waals surface area contributed by atoms with Crippen LogP contribution in [-0.2, 0) is 10.4 Å². The van der Waals surface area contributed by atoms with Gasteiger partial charge in [0.2, 0.25) is 0 Å². The third-order valence-corrected chi connectivity index (χ3v) is 4.24. The minimum atomic E-state index is -2.11. The summed E-state index contributed by atoms with van der Waals surface area (Å²) in [5.41, 5.74) is -1.54. The predicted octanol–water partition coefficient (Wildman–Crippen LogP) is -2.25. The van der Waals surface area contributed by atoms with Crippen LogP contribution in [-0.4, -0.2) is 54.5 Å². The first-order valence-corrected chi connectivity index (χ1v) is 8.25. The summed E-state index contributed by atoms with van der Waals surface area (Å²) in [5.74, 6) is -1.53. The maximum atomic E-state index is 11.3. The standard InChI is InChI=1S/C14H12O3.C6H16NO.ClH/c15-13(16)14(17,11-7-3-1-4-8-11)12-9-5-2-6-10-12;1-4-7(2,3)5-6-8;/h1-10,17H,(H,15,16);8H,4-6H2,1-3H3;1H/q;+1;/p-2. The van der Waals surface area contributed by atoms with Gasteiger partial charge in [0.25, 0.3) is 0 Å². The van der Waals surface area contributed by atoms with Crippen molar-refractivity contribution in [2.75, 3.05) is 33.8 Å². The van der Waals surface area contributed by atoms with Gasteiger partial charge in [-0.25, -0.2) is 0 Å². The quantitative estimate of drug-likeness (QED) is 0.555. The topological polar surface area (TPSA) is 80.6 Å². The van der Waals surface area contributed by atoms with Gasteiger partial charge in [-0.05, 0) is 18.1 Å². The molecule has 0 aliphatic heterocycles. The maximum Gasteiger partial charge on any atom is 0.154 e. The molecule has 0 atom stereocenters. The lowest BCUT2D eigenvalue weighted by Crippen LogP contribution is -3.00. The number of hydrogen-bond donors (Lipinski definition) is 2. The Kier molecular flexibility index (Phi) is 10.1. The first-order chi connectivity index (χ1) is 11.8. The minimum Gasteiger partial charge on any atom is -1.00 e. The molecule has 0 spiro atoms. The smallest absolute Gasteiger partial charge is 0.154 e. The van der Waals surface area contributed by atoms with Gasteiger partial charge in [-0.2, -0.15) is 0 Å². The van der Waals surface area contributed by atoms with Crippen LogP contribution in [0.2, 0.25) is 0 Å². The highest BCUT2D eigenvalue weighted by Crippen LogP contribution is 2.28. The van der Waals surface area contributed by atoms with Crippen molar-refractivity contribution in [1.29, 1.82) is 0 Å². The van der Waals surface area contributed by atoms with Gasteiger partial charge in [0.05, 0.1) is 33.2 Å². The number of rotatable bonds is 6. The van der Waals surface area contributed by atoms with Crippen LogP contribution in [0.25, 0.3) is 0 Å². The number of likely N-dealkylation sites (N-methyl/N-ethyl adjacent to an activating group) is 1. The van der Waals surface area contributed by atoms with Gasteiger partial charge in [0.1, 0.15) is 6.54 Å². The summed E-state index contributed by atoms with van der Waals surface area (Å²) in [4.78, 5) is 11.3. The molecule has 6 heteroatoms. The highest BCUT2D eigenvalue weighted by atomic mass is 35.5. The second kappa shape index (κ2) is 10.9. The Morgan fingerprint density at radius 1 is 1.00 bits per heavy atom. The first-order valence-electron chi connectivity index (χ1n) is 8.25. The van der Waals surface area contributed by atoms with E-state index in [4.69, 9.17) is 5.11 Å². The van der Waals surface area contributed by atoms with Crippen LogP contribution in [0.15, 0.2) is 60.7 Å². The molecule has 0 unspecified atom stereocenters. The van der Waals surface area contributed by atoms with Crippen LogP contribution < -0.4 is 17.5 Å². The average molecular weight is 381 g/mol. The van der Waals surface area contributed by atoms with Crippen LogP contribution in [0.3, 0.4) is 0 Å². The second-order valence-corrected chi connectivity index (χ2v) is 6.43. The molecular weight excluding hydrogens is 354 g/mol. The van der Waals surface area contributed by atoms with E-state index in [1.165, 1.54) is 0 Å². The monoisotopic (exact) mass is 380 g/mol. The van der Waals surface area contributed by atoms with E-state index in [0.717, 1.165) is 17.6 Å². The van der Waals surface area contributed by atoms with Crippen molar-refractivity contribution < 1.29 is 37.0 Å². The van der Waals surface area contributed by atoms with Gasteiger partial charge in [0.15, 0.2) is 5.60 Å². The van der Waals surface area contributed by atoms with E-state index in [1.807, 2.05) is 0 Å². The lowest BCUT2D eigenvalue weighted by atomic mass is 9.86. The Bertz CT molecular complexity index is 608. The fraction of sp³-hybridized carbons (Fsp3) is 0.350. The van der Waals surface area contributed by atoms with E-state index in [2.05, 4.69) is 21.0 Å². The van der Waals surface area contributed by atoms with Crippen LogP contribution in [0.4, 0.5) is 0 Å². The number of carboxylic acids is 1. The van der Waals surface area contributed by atoms with Crippen molar-refractivity contribution in [3.05, 3.63) is 71.8 Å². The van der Waals surface area contributed by atoms with E-state index < -0.39 is 11.6 Å². The summed E-state index contributed by atoms with van der Waals surface area (Å²) >= 11 is 0. The van der Waals surface area contributed by atoms with Gasteiger partial charge >= 0.3 is 0 Å². The van der Waals surface area contributed by atoms with Gasteiger partial charge in [0, 0.05) is 0 Å². The van der Waals surface area contributed by atoms with E-state index in [9.17, 15) is 15.0 Å². The third-order valence-electron chi connectivity index (χ3n) is 4.24. The largest absolute Gasteiger partial charge is 1.00 e. The predicted molar refractivity (Wildman–Crippen MR) is 95.5 cm³/mol. The zero-order chi connectivity index (χ0) is 18.9. The van der Waals surface area contributed by atoms with Crippen LogP contribution in [0.5, 0.6) is 0 Å². The molecule has 0 aliphatic carbocycles. The van der Waals surface area contributed by atoms with Crippen molar-refractivity contribution in [2.24, 2.45) is 0 Å². The molecule has 5 nitrogen and oxygen atoms in total. The van der Waals surface area contributed by atoms with Gasteiger partial charge in [-0.3, -0.25) is 0 Å². The lowest BCUT2D eigenvalue weighted by Gasteiger charge is -2.30. The van der Waals surface area contributed by atoms with Crippen molar-refractivity contribution in [2.45, 2.75) is 12.5 Å². The molecule has 0 aliphatic rings. The highest BCUT2D eigenvalue weighted by Gasteiger charge is 2.32. The summed E-state index contributed by atoms with van der Waals surface area (Å²) in [6.45, 7) is 4.35. The van der Waals surface area contributed by atoms with Crippen molar-refractivity contribution in [3.8, 4) is 0 Å². The Morgan fingerprint density at radius 3 is 1.62 bits per heavy atom. The van der Waals surface area contributed by atoms with E-state index in [1.54, 1.807) is 60.7 Å². The molecule has 0 radical (unpaired) electrons. The molecule has 2 aromatic carbocycles. The minimum absolute atomic E-state index is 0. The number of carboxylic acid groups (broad SMARTS) is 1. The third kappa shape index (κ3) is 6.42. The Labute approximate surface area is 161 Å². The molecule has 2 aromatic rings. The SMILES string of the molecule is CC[N+](C)(C)CCO.O=C([O-])C(O)(c1ccccc1)c1ccccc1.[Cl-]. The van der Waals surface area contributed by atoms with E-state index in [0.29, 0.717) is 6.61 Å². The molecular formula is C20H27ClNO4-. The Morgan fingerprint density at radius 2 is 1.38 bits per heavy atom. The van der Waals surface area contributed by atoms with Crippen molar-refractivity contribution in [3.63, 3.8) is 0 Å². The van der Waals surface area contributed by atoms with Gasteiger partial charge in [-0.15, -0.1) is 0 Å². The summed E-state index contributed by atoms with van der Waals surface area (Å²) in [7, 11) is 4.21. The van der Waals surface area contributed by atoms with E-state index in [-0.39, 0.29) is 23.5 Å². The summed E-state index contributed by atoms with van der Waals surface area (Å²) in [5, 5.41) is 30.1. The average Bonchev–Trinajstić information content (AvgIpc) is 2.63. The molecule has 0 saturated heterocycles. The number of benzene rings is 2. The first kappa shape index (κ1) is 24.1. The van der Waals surface area contributed by atoms with E-state index >= 15 is 0 Å². The fourth-order valence-corrected chi connectivity index (χ4v) is 2.19. The molecule has 0 bridgehead atoms. The Balaban J connectivity index is 0.000000597. The van der Waals surface area contributed by atoms with Crippen LogP contribution in [0.1, 0.15) is 18.1 Å². The molecule has 0 saturated carbocycles. The highest BCUT2D eigenvalue weighted by molar-refractivity contribution is 5.81. The summed E-state index contributed by atoms with van der Waals surface area (Å²) in [6.07, 6.45) is 0. The number of aliphatic hydroxyl groups is 2. The number of carbonyl (C=O) groups excluding carboxylic acids is 1. The number of hydrogen-bond acceptors (Lipinski definition) is 4. The normalized spacial score (nSPS) is 11.0. The molecule has 0 fully saturated rings. The van der Waals surface area contributed by atoms with Crippen LogP contribution >= 0.6 is 0 Å². The molecule has 2 rings (SSSR count). The van der Waals surface area contributed by atoms with Crippen molar-refractivity contribution in [1.82, 2.24) is 0 Å². The number of carbonyl (C=O) groups is 1. The summed E-state index contributed by atoms with van der Waals surface area (Å²) < 4.78 is 0.913. The Hall–Kier alpha value is -1.92. The number of nitrogens with zero attached hydrogens (tertiary/aromatic N) is 1. The number of aliphatic hydroxyl groups excluding tert-OH is 1. The molecule has 144 valence electrons. The number of quaternary nitrogens is 1. The van der Waals surface area contributed by atoms with Crippen molar-refractivity contribution >= 4 is 5.97 Å². The number of halogens is 1. The summed E-state index contributed by atoms with van der Waals surface area (Å²) in [6, 6.07) is 16.4.